The van der Waals surface area contributed by atoms with Gasteiger partial charge in [-0.05, 0) is 42.9 Å². The van der Waals surface area contributed by atoms with Crippen LogP contribution in [0, 0.1) is 5.92 Å². The molecular formula is C19H30N2O3S. The Morgan fingerprint density at radius 2 is 1.68 bits per heavy atom. The summed E-state index contributed by atoms with van der Waals surface area (Å²) in [6, 6.07) is 7.07. The van der Waals surface area contributed by atoms with Crippen molar-refractivity contribution in [2.45, 2.75) is 57.3 Å². The number of carbonyl (C=O) groups is 1. The molecule has 0 aliphatic carbocycles. The Hall–Kier alpha value is -1.40. The van der Waals surface area contributed by atoms with E-state index in [1.807, 2.05) is 26.0 Å². The molecule has 6 heteroatoms. The number of sulfonamides is 1. The van der Waals surface area contributed by atoms with Crippen LogP contribution in [0.5, 0.6) is 0 Å². The van der Waals surface area contributed by atoms with Crippen molar-refractivity contribution in [3.63, 3.8) is 0 Å². The third-order valence-electron chi connectivity index (χ3n) is 4.46. The fraction of sp³-hybridized carbons (Fsp3) is 0.632. The maximum absolute atomic E-state index is 12.7. The molecule has 1 aromatic rings. The summed E-state index contributed by atoms with van der Waals surface area (Å²) >= 11 is 0. The summed E-state index contributed by atoms with van der Waals surface area (Å²) in [5, 5.41) is 2.90. The lowest BCUT2D eigenvalue weighted by Gasteiger charge is -2.20. The minimum absolute atomic E-state index is 0.0651. The summed E-state index contributed by atoms with van der Waals surface area (Å²) in [6.45, 7) is 5.84. The molecule has 0 radical (unpaired) electrons. The molecule has 1 aliphatic rings. The molecule has 5 nitrogen and oxygen atoms in total. The van der Waals surface area contributed by atoms with Gasteiger partial charge in [0.25, 0.3) is 0 Å². The summed E-state index contributed by atoms with van der Waals surface area (Å²) in [4.78, 5) is 12.0. The van der Waals surface area contributed by atoms with Crippen LogP contribution in [0.15, 0.2) is 29.2 Å². The molecule has 1 amide bonds. The van der Waals surface area contributed by atoms with Gasteiger partial charge in [-0.1, -0.05) is 38.8 Å². The van der Waals surface area contributed by atoms with Crippen LogP contribution in [0.2, 0.25) is 0 Å². The van der Waals surface area contributed by atoms with E-state index in [1.54, 1.807) is 16.4 Å². The summed E-state index contributed by atoms with van der Waals surface area (Å²) in [5.41, 5.74) is 1.03. The standard InChI is InChI=1S/C19H30N2O3S/c1-16(2)15-19(22)20-12-11-17-7-9-18(10-8-17)25(23,24)21-13-5-3-4-6-14-21/h7-10,16H,3-6,11-15H2,1-2H3,(H,20,22). The number of nitrogens with zero attached hydrogens (tertiary/aromatic N) is 1. The van der Waals surface area contributed by atoms with Crippen molar-refractivity contribution < 1.29 is 13.2 Å². The van der Waals surface area contributed by atoms with E-state index in [1.165, 1.54) is 0 Å². The van der Waals surface area contributed by atoms with Crippen LogP contribution in [0.3, 0.4) is 0 Å². The first-order chi connectivity index (χ1) is 11.9. The van der Waals surface area contributed by atoms with Crippen LogP contribution in [0.1, 0.15) is 51.5 Å². The Morgan fingerprint density at radius 1 is 1.08 bits per heavy atom. The molecular weight excluding hydrogens is 336 g/mol. The molecule has 1 N–H and O–H groups in total. The number of carbonyl (C=O) groups excluding carboxylic acids is 1. The number of hydrogen-bond acceptors (Lipinski definition) is 3. The highest BCUT2D eigenvalue weighted by atomic mass is 32.2. The zero-order valence-electron chi connectivity index (χ0n) is 15.3. The highest BCUT2D eigenvalue weighted by Crippen LogP contribution is 2.20. The third-order valence-corrected chi connectivity index (χ3v) is 6.37. The maximum Gasteiger partial charge on any atom is 0.243 e. The van der Waals surface area contributed by atoms with Gasteiger partial charge in [-0.2, -0.15) is 4.31 Å². The largest absolute Gasteiger partial charge is 0.356 e. The van der Waals surface area contributed by atoms with E-state index in [2.05, 4.69) is 5.32 Å². The van der Waals surface area contributed by atoms with Gasteiger partial charge in [0.15, 0.2) is 0 Å². The van der Waals surface area contributed by atoms with Crippen molar-refractivity contribution in [2.24, 2.45) is 5.92 Å². The van der Waals surface area contributed by atoms with Gasteiger partial charge in [-0.15, -0.1) is 0 Å². The second kappa shape index (κ2) is 9.34. The fourth-order valence-electron chi connectivity index (χ4n) is 3.05. The number of hydrogen-bond donors (Lipinski definition) is 1. The average molecular weight is 367 g/mol. The van der Waals surface area contributed by atoms with Gasteiger partial charge in [0, 0.05) is 26.1 Å². The molecule has 0 spiro atoms. The smallest absolute Gasteiger partial charge is 0.243 e. The third kappa shape index (κ3) is 6.12. The number of rotatable bonds is 7. The molecule has 25 heavy (non-hydrogen) atoms. The molecule has 0 aromatic heterocycles. The molecule has 0 saturated carbocycles. The molecule has 1 heterocycles. The zero-order valence-corrected chi connectivity index (χ0v) is 16.1. The zero-order chi connectivity index (χ0) is 18.3. The second-order valence-corrected chi connectivity index (χ2v) is 9.10. The lowest BCUT2D eigenvalue weighted by Crippen LogP contribution is -2.31. The molecule has 0 atom stereocenters. The van der Waals surface area contributed by atoms with E-state index < -0.39 is 10.0 Å². The van der Waals surface area contributed by atoms with E-state index in [-0.39, 0.29) is 5.91 Å². The first kappa shape index (κ1) is 19.9. The Kier molecular flexibility index (Phi) is 7.44. The van der Waals surface area contributed by atoms with Crippen LogP contribution in [0.4, 0.5) is 0 Å². The van der Waals surface area contributed by atoms with E-state index in [0.717, 1.165) is 31.2 Å². The van der Waals surface area contributed by atoms with E-state index in [0.29, 0.717) is 43.3 Å². The predicted octanol–water partition coefficient (Wildman–Crippen LogP) is 2.96. The van der Waals surface area contributed by atoms with Crippen molar-refractivity contribution >= 4 is 15.9 Å². The van der Waals surface area contributed by atoms with Crippen molar-refractivity contribution in [3.05, 3.63) is 29.8 Å². The molecule has 1 fully saturated rings. The van der Waals surface area contributed by atoms with Crippen molar-refractivity contribution in [1.82, 2.24) is 9.62 Å². The Morgan fingerprint density at radius 3 is 2.24 bits per heavy atom. The highest BCUT2D eigenvalue weighted by Gasteiger charge is 2.24. The summed E-state index contributed by atoms with van der Waals surface area (Å²) in [6.07, 6.45) is 5.32. The fourth-order valence-corrected chi connectivity index (χ4v) is 4.57. The van der Waals surface area contributed by atoms with E-state index in [9.17, 15) is 13.2 Å². The van der Waals surface area contributed by atoms with E-state index in [4.69, 9.17) is 0 Å². The normalized spacial score (nSPS) is 16.6. The van der Waals surface area contributed by atoms with Gasteiger partial charge >= 0.3 is 0 Å². The molecule has 2 rings (SSSR count). The first-order valence-corrected chi connectivity index (χ1v) is 10.7. The van der Waals surface area contributed by atoms with Gasteiger partial charge in [-0.3, -0.25) is 4.79 Å². The van der Waals surface area contributed by atoms with Gasteiger partial charge in [0.2, 0.25) is 15.9 Å². The van der Waals surface area contributed by atoms with Crippen molar-refractivity contribution in [1.29, 1.82) is 0 Å². The Bertz CT molecular complexity index is 646. The number of nitrogens with one attached hydrogen (secondary N) is 1. The summed E-state index contributed by atoms with van der Waals surface area (Å²) in [7, 11) is -3.39. The van der Waals surface area contributed by atoms with Crippen LogP contribution < -0.4 is 5.32 Å². The lowest BCUT2D eigenvalue weighted by molar-refractivity contribution is -0.121. The summed E-state index contributed by atoms with van der Waals surface area (Å²) < 4.78 is 27.1. The molecule has 1 aliphatic heterocycles. The first-order valence-electron chi connectivity index (χ1n) is 9.25. The minimum Gasteiger partial charge on any atom is -0.356 e. The Labute approximate surface area is 151 Å². The minimum atomic E-state index is -3.39. The van der Waals surface area contributed by atoms with Crippen LogP contribution in [0.25, 0.3) is 0 Å². The monoisotopic (exact) mass is 366 g/mol. The number of amides is 1. The quantitative estimate of drug-likeness (QED) is 0.807. The molecule has 0 unspecified atom stereocenters. The lowest BCUT2D eigenvalue weighted by atomic mass is 10.1. The van der Waals surface area contributed by atoms with Crippen molar-refractivity contribution in [3.8, 4) is 0 Å². The molecule has 1 saturated heterocycles. The van der Waals surface area contributed by atoms with Crippen LogP contribution in [-0.2, 0) is 21.2 Å². The highest BCUT2D eigenvalue weighted by molar-refractivity contribution is 7.89. The molecule has 1 aromatic carbocycles. The van der Waals surface area contributed by atoms with Gasteiger partial charge in [0.1, 0.15) is 0 Å². The van der Waals surface area contributed by atoms with Gasteiger partial charge < -0.3 is 5.32 Å². The maximum atomic E-state index is 12.7. The topological polar surface area (TPSA) is 66.5 Å². The van der Waals surface area contributed by atoms with Gasteiger partial charge in [-0.25, -0.2) is 8.42 Å². The van der Waals surface area contributed by atoms with Crippen molar-refractivity contribution in [2.75, 3.05) is 19.6 Å². The SMILES string of the molecule is CC(C)CC(=O)NCCc1ccc(S(=O)(=O)N2CCCCCC2)cc1. The molecule has 140 valence electrons. The van der Waals surface area contributed by atoms with Crippen LogP contribution >= 0.6 is 0 Å². The number of benzene rings is 1. The average Bonchev–Trinajstić information content (AvgIpc) is 2.84. The molecule has 0 bridgehead atoms. The Balaban J connectivity index is 1.91. The van der Waals surface area contributed by atoms with Crippen LogP contribution in [-0.4, -0.2) is 38.3 Å². The second-order valence-electron chi connectivity index (χ2n) is 7.16. The predicted molar refractivity (Wildman–Crippen MR) is 99.8 cm³/mol. The van der Waals surface area contributed by atoms with E-state index >= 15 is 0 Å². The van der Waals surface area contributed by atoms with Gasteiger partial charge in [0.05, 0.1) is 4.90 Å². The summed E-state index contributed by atoms with van der Waals surface area (Å²) in [5.74, 6) is 0.416.